The van der Waals surface area contributed by atoms with Gasteiger partial charge in [0.15, 0.2) is 0 Å². The molecule has 126 valence electrons. The minimum Gasteiger partial charge on any atom is -0.369 e. The highest BCUT2D eigenvalue weighted by Gasteiger charge is 2.55. The Hall–Kier alpha value is -1.80. The standard InChI is InChI=1S/C22H28N2/c1-5-18-19(15-11-7-6-8-12-15)20-16-13-9-10-14-17(16)23-21(20)24(18)22(2,3)4/h6-14,18-21,23H,5H2,1-4H3. The lowest BCUT2D eigenvalue weighted by Crippen LogP contribution is -2.51. The van der Waals surface area contributed by atoms with Gasteiger partial charge in [-0.15, -0.1) is 0 Å². The topological polar surface area (TPSA) is 15.3 Å². The molecule has 4 rings (SSSR count). The monoisotopic (exact) mass is 320 g/mol. The SMILES string of the molecule is CCC1C(c2ccccc2)C2c3ccccc3NC2N1C(C)(C)C. The summed E-state index contributed by atoms with van der Waals surface area (Å²) in [5.74, 6) is 1.06. The Bertz CT molecular complexity index is 714. The summed E-state index contributed by atoms with van der Waals surface area (Å²) in [5.41, 5.74) is 4.42. The molecule has 2 heterocycles. The number of rotatable bonds is 2. The number of likely N-dealkylation sites (tertiary alicyclic amines) is 1. The zero-order chi connectivity index (χ0) is 16.9. The number of hydrogen-bond donors (Lipinski definition) is 1. The van der Waals surface area contributed by atoms with E-state index in [0.717, 1.165) is 0 Å². The number of hydrogen-bond acceptors (Lipinski definition) is 2. The van der Waals surface area contributed by atoms with Crippen molar-refractivity contribution in [3.8, 4) is 0 Å². The van der Waals surface area contributed by atoms with Crippen LogP contribution in [0.3, 0.4) is 0 Å². The van der Waals surface area contributed by atoms with Crippen LogP contribution >= 0.6 is 0 Å². The maximum Gasteiger partial charge on any atom is 0.0877 e. The summed E-state index contributed by atoms with van der Waals surface area (Å²) in [4.78, 5) is 2.73. The summed E-state index contributed by atoms with van der Waals surface area (Å²) < 4.78 is 0. The first-order valence-corrected chi connectivity index (χ1v) is 9.21. The van der Waals surface area contributed by atoms with Gasteiger partial charge in [0.25, 0.3) is 0 Å². The van der Waals surface area contributed by atoms with Crippen molar-refractivity contribution in [2.24, 2.45) is 0 Å². The highest BCUT2D eigenvalue weighted by Crippen LogP contribution is 2.55. The molecule has 0 saturated carbocycles. The van der Waals surface area contributed by atoms with E-state index in [1.165, 1.54) is 23.2 Å². The number of anilines is 1. The maximum atomic E-state index is 3.84. The first kappa shape index (κ1) is 15.7. The highest BCUT2D eigenvalue weighted by molar-refractivity contribution is 5.61. The van der Waals surface area contributed by atoms with Gasteiger partial charge in [-0.25, -0.2) is 0 Å². The molecule has 0 aromatic heterocycles. The molecule has 1 N–H and O–H groups in total. The summed E-state index contributed by atoms with van der Waals surface area (Å²) in [6, 6.07) is 20.6. The fourth-order valence-electron chi connectivity index (χ4n) is 5.06. The number of benzene rings is 2. The lowest BCUT2D eigenvalue weighted by atomic mass is 9.79. The van der Waals surface area contributed by atoms with E-state index in [1.807, 2.05) is 0 Å². The van der Waals surface area contributed by atoms with Gasteiger partial charge in [-0.3, -0.25) is 4.90 Å². The second kappa shape index (κ2) is 5.63. The maximum absolute atomic E-state index is 3.84. The Labute approximate surface area is 145 Å². The van der Waals surface area contributed by atoms with Gasteiger partial charge >= 0.3 is 0 Å². The molecular formula is C22H28N2. The largest absolute Gasteiger partial charge is 0.369 e. The van der Waals surface area contributed by atoms with E-state index in [4.69, 9.17) is 0 Å². The van der Waals surface area contributed by atoms with Crippen molar-refractivity contribution < 1.29 is 0 Å². The van der Waals surface area contributed by atoms with Crippen LogP contribution in [0.15, 0.2) is 54.6 Å². The molecule has 2 aliphatic heterocycles. The fraction of sp³-hybridized carbons (Fsp3) is 0.455. The van der Waals surface area contributed by atoms with Gasteiger partial charge in [0.1, 0.15) is 0 Å². The van der Waals surface area contributed by atoms with E-state index in [2.05, 4.69) is 92.5 Å². The molecule has 2 nitrogen and oxygen atoms in total. The van der Waals surface area contributed by atoms with Crippen LogP contribution in [-0.4, -0.2) is 22.6 Å². The molecule has 1 fully saturated rings. The van der Waals surface area contributed by atoms with E-state index >= 15 is 0 Å². The number of nitrogens with one attached hydrogen (secondary N) is 1. The third kappa shape index (κ3) is 2.28. The summed E-state index contributed by atoms with van der Waals surface area (Å²) in [6.07, 6.45) is 1.56. The van der Waals surface area contributed by atoms with Crippen LogP contribution in [0.1, 0.15) is 57.1 Å². The second-order valence-corrected chi connectivity index (χ2v) is 8.19. The van der Waals surface area contributed by atoms with E-state index in [0.29, 0.717) is 24.0 Å². The second-order valence-electron chi connectivity index (χ2n) is 8.19. The zero-order valence-electron chi connectivity index (χ0n) is 15.2. The molecule has 0 spiro atoms. The number of para-hydroxylation sites is 1. The smallest absolute Gasteiger partial charge is 0.0877 e. The van der Waals surface area contributed by atoms with Crippen LogP contribution in [0, 0.1) is 0 Å². The Morgan fingerprint density at radius 1 is 0.917 bits per heavy atom. The van der Waals surface area contributed by atoms with Crippen LogP contribution in [-0.2, 0) is 0 Å². The Morgan fingerprint density at radius 2 is 1.58 bits per heavy atom. The molecule has 0 radical (unpaired) electrons. The van der Waals surface area contributed by atoms with Gasteiger partial charge < -0.3 is 5.32 Å². The number of fused-ring (bicyclic) bond motifs is 3. The molecule has 24 heavy (non-hydrogen) atoms. The Morgan fingerprint density at radius 3 is 2.25 bits per heavy atom. The van der Waals surface area contributed by atoms with Crippen molar-refractivity contribution in [2.75, 3.05) is 5.32 Å². The van der Waals surface area contributed by atoms with Crippen molar-refractivity contribution >= 4 is 5.69 Å². The molecular weight excluding hydrogens is 292 g/mol. The molecule has 1 saturated heterocycles. The minimum absolute atomic E-state index is 0.141. The molecule has 4 unspecified atom stereocenters. The van der Waals surface area contributed by atoms with Gasteiger partial charge in [-0.1, -0.05) is 55.5 Å². The minimum atomic E-state index is 0.141. The van der Waals surface area contributed by atoms with E-state index in [9.17, 15) is 0 Å². The van der Waals surface area contributed by atoms with Crippen LogP contribution in [0.5, 0.6) is 0 Å². The average molecular weight is 320 g/mol. The fourth-order valence-corrected chi connectivity index (χ4v) is 5.06. The summed E-state index contributed by atoms with van der Waals surface area (Å²) in [5, 5.41) is 3.84. The van der Waals surface area contributed by atoms with Crippen molar-refractivity contribution in [1.29, 1.82) is 0 Å². The third-order valence-electron chi connectivity index (χ3n) is 5.80. The van der Waals surface area contributed by atoms with E-state index in [-0.39, 0.29) is 5.54 Å². The van der Waals surface area contributed by atoms with Crippen molar-refractivity contribution in [3.63, 3.8) is 0 Å². The molecule has 2 aromatic carbocycles. The van der Waals surface area contributed by atoms with Crippen LogP contribution in [0.25, 0.3) is 0 Å². The first-order chi connectivity index (χ1) is 11.5. The van der Waals surface area contributed by atoms with E-state index in [1.54, 1.807) is 0 Å². The molecule has 2 aromatic rings. The summed E-state index contributed by atoms with van der Waals surface area (Å²) in [7, 11) is 0. The van der Waals surface area contributed by atoms with Gasteiger partial charge in [0.2, 0.25) is 0 Å². The normalized spacial score (nSPS) is 29.2. The Kier molecular flexibility index (Phi) is 3.69. The lowest BCUT2D eigenvalue weighted by molar-refractivity contribution is 0.0812. The van der Waals surface area contributed by atoms with Crippen LogP contribution in [0.2, 0.25) is 0 Å². The van der Waals surface area contributed by atoms with Crippen molar-refractivity contribution in [1.82, 2.24) is 4.90 Å². The number of nitrogens with zero attached hydrogens (tertiary/aromatic N) is 1. The van der Waals surface area contributed by atoms with Crippen LogP contribution < -0.4 is 5.32 Å². The third-order valence-corrected chi connectivity index (χ3v) is 5.80. The van der Waals surface area contributed by atoms with Crippen molar-refractivity contribution in [2.45, 2.75) is 63.7 Å². The molecule has 0 amide bonds. The van der Waals surface area contributed by atoms with Gasteiger partial charge in [-0.05, 0) is 44.4 Å². The predicted octanol–water partition coefficient (Wildman–Crippen LogP) is 5.20. The molecule has 4 atom stereocenters. The predicted molar refractivity (Wildman–Crippen MR) is 101 cm³/mol. The lowest BCUT2D eigenvalue weighted by Gasteiger charge is -2.41. The molecule has 2 aliphatic rings. The molecule has 0 bridgehead atoms. The Balaban J connectivity index is 1.87. The van der Waals surface area contributed by atoms with Gasteiger partial charge in [0, 0.05) is 29.1 Å². The summed E-state index contributed by atoms with van der Waals surface area (Å²) >= 11 is 0. The van der Waals surface area contributed by atoms with Gasteiger partial charge in [0.05, 0.1) is 6.17 Å². The van der Waals surface area contributed by atoms with Crippen molar-refractivity contribution in [3.05, 3.63) is 65.7 Å². The highest BCUT2D eigenvalue weighted by atomic mass is 15.4. The first-order valence-electron chi connectivity index (χ1n) is 9.21. The molecule has 2 heteroatoms. The van der Waals surface area contributed by atoms with E-state index < -0.39 is 0 Å². The summed E-state index contributed by atoms with van der Waals surface area (Å²) in [6.45, 7) is 9.40. The average Bonchev–Trinajstić information content (AvgIpc) is 3.08. The zero-order valence-corrected chi connectivity index (χ0v) is 15.2. The molecule has 0 aliphatic carbocycles. The van der Waals surface area contributed by atoms with Crippen LogP contribution in [0.4, 0.5) is 5.69 Å². The van der Waals surface area contributed by atoms with Gasteiger partial charge in [-0.2, -0.15) is 0 Å². The quantitative estimate of drug-likeness (QED) is 0.818.